The predicted molar refractivity (Wildman–Crippen MR) is 77.4 cm³/mol. The Balaban J connectivity index is 2.19. The molecule has 0 bridgehead atoms. The zero-order chi connectivity index (χ0) is 15.2. The minimum atomic E-state index is -0.567. The van der Waals surface area contributed by atoms with Gasteiger partial charge < -0.3 is 16.3 Å². The lowest BCUT2D eigenvalue weighted by Gasteiger charge is -2.17. The van der Waals surface area contributed by atoms with Gasteiger partial charge in [0, 0.05) is 6.54 Å². The van der Waals surface area contributed by atoms with Gasteiger partial charge in [-0.15, -0.1) is 0 Å². The van der Waals surface area contributed by atoms with E-state index in [2.05, 4.69) is 10.5 Å². The van der Waals surface area contributed by atoms with Crippen molar-refractivity contribution in [3.8, 4) is 0 Å². The predicted octanol–water partition coefficient (Wildman–Crippen LogP) is 2.91. The minimum absolute atomic E-state index is 0.00879. The van der Waals surface area contributed by atoms with Crippen LogP contribution in [0.1, 0.15) is 11.5 Å². The Bertz CT molecular complexity index is 632. The third-order valence-corrected chi connectivity index (χ3v) is 3.10. The van der Waals surface area contributed by atoms with Crippen molar-refractivity contribution < 1.29 is 14.0 Å². The topological polar surface area (TPSA) is 70.6 Å². The fourth-order valence-corrected chi connectivity index (χ4v) is 1.99. The highest BCUT2D eigenvalue weighted by Gasteiger charge is 2.17. The van der Waals surface area contributed by atoms with E-state index in [9.17, 15) is 8.78 Å². The summed E-state index contributed by atoms with van der Waals surface area (Å²) in [5, 5.41) is 14.6. The summed E-state index contributed by atoms with van der Waals surface area (Å²) in [4.78, 5) is 0. The van der Waals surface area contributed by atoms with E-state index in [0.717, 1.165) is 23.8 Å². The molecule has 0 amide bonds. The highest BCUT2D eigenvalue weighted by molar-refractivity contribution is 5.87. The van der Waals surface area contributed by atoms with E-state index < -0.39 is 17.6 Å². The fourth-order valence-electron chi connectivity index (χ4n) is 1.99. The zero-order valence-electron chi connectivity index (χ0n) is 11.1. The number of amidine groups is 1. The van der Waals surface area contributed by atoms with Gasteiger partial charge in [0.15, 0.2) is 0 Å². The van der Waals surface area contributed by atoms with Crippen molar-refractivity contribution in [2.24, 2.45) is 10.9 Å². The van der Waals surface area contributed by atoms with E-state index in [1.54, 1.807) is 0 Å². The molecule has 2 aromatic rings. The molecule has 1 unspecified atom stereocenters. The first-order chi connectivity index (χ1) is 10.1. The van der Waals surface area contributed by atoms with E-state index in [-0.39, 0.29) is 18.1 Å². The molecule has 0 heterocycles. The molecule has 0 radical (unpaired) electrons. The number of nitrogens with two attached hydrogens (primary N) is 1. The molecule has 0 aromatic heterocycles. The maximum atomic E-state index is 13.6. The zero-order valence-corrected chi connectivity index (χ0v) is 11.1. The van der Waals surface area contributed by atoms with Crippen LogP contribution in [0.25, 0.3) is 0 Å². The number of halogens is 2. The molecule has 0 aliphatic rings. The van der Waals surface area contributed by atoms with Crippen LogP contribution >= 0.6 is 0 Å². The number of rotatable bonds is 5. The standard InChI is InChI=1S/C15H15F2N3O/c16-11-6-7-13(17)14(8-11)19-9-12(15(18)20-21)10-4-2-1-3-5-10/h1-8,12,19,21H,9H2,(H2,18,20). The molecule has 6 heteroatoms. The van der Waals surface area contributed by atoms with Crippen molar-refractivity contribution in [3.63, 3.8) is 0 Å². The second kappa shape index (κ2) is 6.69. The second-order valence-corrected chi connectivity index (χ2v) is 4.49. The van der Waals surface area contributed by atoms with Gasteiger partial charge in [-0.05, 0) is 23.8 Å². The first kappa shape index (κ1) is 14.8. The first-order valence-corrected chi connectivity index (χ1v) is 6.33. The number of nitrogens with one attached hydrogen (secondary N) is 1. The number of hydrogen-bond donors (Lipinski definition) is 3. The Labute approximate surface area is 120 Å². The number of oxime groups is 1. The van der Waals surface area contributed by atoms with Gasteiger partial charge in [-0.3, -0.25) is 0 Å². The van der Waals surface area contributed by atoms with Crippen molar-refractivity contribution in [1.82, 2.24) is 0 Å². The molecule has 4 N–H and O–H groups in total. The molecule has 21 heavy (non-hydrogen) atoms. The fraction of sp³-hybridized carbons (Fsp3) is 0.133. The smallest absolute Gasteiger partial charge is 0.148 e. The van der Waals surface area contributed by atoms with Crippen LogP contribution in [0.15, 0.2) is 53.7 Å². The van der Waals surface area contributed by atoms with Crippen molar-refractivity contribution >= 4 is 11.5 Å². The lowest BCUT2D eigenvalue weighted by molar-refractivity contribution is 0.316. The minimum Gasteiger partial charge on any atom is -0.409 e. The summed E-state index contributed by atoms with van der Waals surface area (Å²) in [6, 6.07) is 12.2. The summed E-state index contributed by atoms with van der Waals surface area (Å²) in [5.41, 5.74) is 6.51. The maximum Gasteiger partial charge on any atom is 0.148 e. The van der Waals surface area contributed by atoms with E-state index >= 15 is 0 Å². The second-order valence-electron chi connectivity index (χ2n) is 4.49. The average molecular weight is 291 g/mol. The van der Waals surface area contributed by atoms with Gasteiger partial charge in [-0.25, -0.2) is 8.78 Å². The van der Waals surface area contributed by atoms with E-state index in [1.807, 2.05) is 30.3 Å². The quantitative estimate of drug-likeness (QED) is 0.343. The van der Waals surface area contributed by atoms with Crippen LogP contribution in [-0.2, 0) is 0 Å². The molecule has 2 aromatic carbocycles. The summed E-state index contributed by atoms with van der Waals surface area (Å²) in [7, 11) is 0. The molecule has 2 rings (SSSR count). The van der Waals surface area contributed by atoms with Gasteiger partial charge in [-0.2, -0.15) is 0 Å². The Hall–Kier alpha value is -2.63. The molecule has 0 fully saturated rings. The lowest BCUT2D eigenvalue weighted by atomic mass is 9.98. The SMILES string of the molecule is NC(=NO)C(CNc1cc(F)ccc1F)c1ccccc1. The molecule has 4 nitrogen and oxygen atoms in total. The van der Waals surface area contributed by atoms with E-state index in [0.29, 0.717) is 0 Å². The molecule has 0 spiro atoms. The van der Waals surface area contributed by atoms with Crippen molar-refractivity contribution in [2.45, 2.75) is 5.92 Å². The normalized spacial score (nSPS) is 13.0. The van der Waals surface area contributed by atoms with Gasteiger partial charge >= 0.3 is 0 Å². The highest BCUT2D eigenvalue weighted by atomic mass is 19.1. The lowest BCUT2D eigenvalue weighted by Crippen LogP contribution is -2.28. The van der Waals surface area contributed by atoms with E-state index in [1.165, 1.54) is 0 Å². The van der Waals surface area contributed by atoms with Crippen LogP contribution in [0.5, 0.6) is 0 Å². The molecule has 0 saturated heterocycles. The number of benzene rings is 2. The number of anilines is 1. The van der Waals surface area contributed by atoms with Crippen LogP contribution in [0.4, 0.5) is 14.5 Å². The Morgan fingerprint density at radius 2 is 1.90 bits per heavy atom. The van der Waals surface area contributed by atoms with Gasteiger partial charge in [0.05, 0.1) is 11.6 Å². The van der Waals surface area contributed by atoms with Crippen LogP contribution in [-0.4, -0.2) is 17.6 Å². The summed E-state index contributed by atoms with van der Waals surface area (Å²) < 4.78 is 26.7. The monoisotopic (exact) mass is 291 g/mol. The Morgan fingerprint density at radius 3 is 2.57 bits per heavy atom. The molecule has 0 aliphatic heterocycles. The van der Waals surface area contributed by atoms with Crippen LogP contribution < -0.4 is 11.1 Å². The maximum absolute atomic E-state index is 13.6. The molecular weight excluding hydrogens is 276 g/mol. The Kier molecular flexibility index (Phi) is 4.71. The van der Waals surface area contributed by atoms with Crippen molar-refractivity contribution in [1.29, 1.82) is 0 Å². The first-order valence-electron chi connectivity index (χ1n) is 6.33. The average Bonchev–Trinajstić information content (AvgIpc) is 2.51. The highest BCUT2D eigenvalue weighted by Crippen LogP contribution is 2.20. The molecule has 0 saturated carbocycles. The van der Waals surface area contributed by atoms with Gasteiger partial charge in [0.2, 0.25) is 0 Å². The van der Waals surface area contributed by atoms with Gasteiger partial charge in [0.1, 0.15) is 17.5 Å². The number of nitrogens with zero attached hydrogens (tertiary/aromatic N) is 1. The summed E-state index contributed by atoms with van der Waals surface area (Å²) >= 11 is 0. The molecule has 0 aliphatic carbocycles. The van der Waals surface area contributed by atoms with Crippen molar-refractivity contribution in [3.05, 3.63) is 65.7 Å². The summed E-state index contributed by atoms with van der Waals surface area (Å²) in [6.07, 6.45) is 0. The van der Waals surface area contributed by atoms with Crippen LogP contribution in [0, 0.1) is 11.6 Å². The summed E-state index contributed by atoms with van der Waals surface area (Å²) in [6.45, 7) is 0.167. The van der Waals surface area contributed by atoms with Gasteiger partial charge in [-0.1, -0.05) is 35.5 Å². The summed E-state index contributed by atoms with van der Waals surface area (Å²) in [5.74, 6) is -1.58. The third kappa shape index (κ3) is 3.68. The molecule has 1 atom stereocenters. The number of hydrogen-bond acceptors (Lipinski definition) is 3. The van der Waals surface area contributed by atoms with E-state index in [4.69, 9.17) is 10.9 Å². The largest absolute Gasteiger partial charge is 0.409 e. The van der Waals surface area contributed by atoms with Crippen molar-refractivity contribution in [2.75, 3.05) is 11.9 Å². The Morgan fingerprint density at radius 1 is 1.19 bits per heavy atom. The third-order valence-electron chi connectivity index (χ3n) is 3.10. The van der Waals surface area contributed by atoms with Gasteiger partial charge in [0.25, 0.3) is 0 Å². The van der Waals surface area contributed by atoms with Crippen LogP contribution in [0.2, 0.25) is 0 Å². The molecule has 110 valence electrons. The van der Waals surface area contributed by atoms with Crippen LogP contribution in [0.3, 0.4) is 0 Å². The molecular formula is C15H15F2N3O.